The highest BCUT2D eigenvalue weighted by atomic mass is 32.2. The van der Waals surface area contributed by atoms with Crippen LogP contribution in [-0.2, 0) is 0 Å². The first-order chi connectivity index (χ1) is 23.3. The van der Waals surface area contributed by atoms with Crippen molar-refractivity contribution in [2.24, 2.45) is 0 Å². The van der Waals surface area contributed by atoms with E-state index in [1.54, 1.807) is 0 Å². The molecule has 0 saturated carbocycles. The van der Waals surface area contributed by atoms with Crippen molar-refractivity contribution in [3.05, 3.63) is 158 Å². The van der Waals surface area contributed by atoms with E-state index < -0.39 is 0 Å². The van der Waals surface area contributed by atoms with E-state index in [2.05, 4.69) is 168 Å². The number of hydrogen-bond acceptors (Lipinski definition) is 5. The fourth-order valence-corrected chi connectivity index (χ4v) is 10.3. The van der Waals surface area contributed by atoms with E-state index in [1.807, 2.05) is 34.4 Å². The molecule has 2 aromatic heterocycles. The Hall–Kier alpha value is -5.07. The van der Waals surface area contributed by atoms with E-state index in [0.717, 1.165) is 17.1 Å². The van der Waals surface area contributed by atoms with Crippen LogP contribution in [0.1, 0.15) is 0 Å². The monoisotopic (exact) mass is 654 g/mol. The quantitative estimate of drug-likeness (QED) is 0.186. The van der Waals surface area contributed by atoms with E-state index in [9.17, 15) is 0 Å². The Morgan fingerprint density at radius 2 is 0.957 bits per heavy atom. The largest absolute Gasteiger partial charge is 0.310 e. The fraction of sp³-hybridized carbons (Fsp3) is 0. The molecule has 47 heavy (non-hydrogen) atoms. The number of para-hydroxylation sites is 2. The second kappa shape index (κ2) is 10.7. The number of fused-ring (bicyclic) bond motifs is 8. The molecule has 0 N–H and O–H groups in total. The first-order valence-corrected chi connectivity index (χ1v) is 18.1. The van der Waals surface area contributed by atoms with Crippen molar-refractivity contribution in [1.29, 1.82) is 0 Å². The van der Waals surface area contributed by atoms with E-state index >= 15 is 0 Å². The zero-order valence-corrected chi connectivity index (χ0v) is 27.6. The van der Waals surface area contributed by atoms with Crippen LogP contribution in [0, 0.1) is 0 Å². The van der Waals surface area contributed by atoms with Crippen molar-refractivity contribution in [3.63, 3.8) is 0 Å². The van der Waals surface area contributed by atoms with Crippen molar-refractivity contribution in [2.45, 2.75) is 9.79 Å². The van der Waals surface area contributed by atoms with Gasteiger partial charge in [-0.25, -0.2) is 0 Å². The summed E-state index contributed by atoms with van der Waals surface area (Å²) in [6.07, 6.45) is 0. The summed E-state index contributed by atoms with van der Waals surface area (Å²) >= 11 is 5.58. The lowest BCUT2D eigenvalue weighted by atomic mass is 10.1. The van der Waals surface area contributed by atoms with Crippen molar-refractivity contribution in [2.75, 3.05) is 9.80 Å². The maximum absolute atomic E-state index is 2.44. The normalized spacial score (nSPS) is 12.6. The number of nitrogens with zero attached hydrogens (tertiary/aromatic N) is 2. The molecule has 1 aliphatic heterocycles. The van der Waals surface area contributed by atoms with Crippen molar-refractivity contribution < 1.29 is 0 Å². The lowest BCUT2D eigenvalue weighted by molar-refractivity contribution is 1.16. The van der Waals surface area contributed by atoms with Gasteiger partial charge >= 0.3 is 0 Å². The lowest BCUT2D eigenvalue weighted by Gasteiger charge is -2.34. The minimum Gasteiger partial charge on any atom is -0.310 e. The molecule has 0 bridgehead atoms. The SMILES string of the molecule is c1ccc(N(c2ccc3c(c2)Sc2ccccc2N3c2ccc3c(c2)sc2ccccc23)c2ccc3c(c2)sc2ccccc23)cc1. The van der Waals surface area contributed by atoms with Crippen LogP contribution in [0.2, 0.25) is 0 Å². The Morgan fingerprint density at radius 3 is 1.74 bits per heavy atom. The highest BCUT2D eigenvalue weighted by Gasteiger charge is 2.27. The van der Waals surface area contributed by atoms with E-state index in [4.69, 9.17) is 0 Å². The van der Waals surface area contributed by atoms with Crippen LogP contribution in [0.25, 0.3) is 40.3 Å². The number of thiophene rings is 2. The Kier molecular flexibility index (Phi) is 6.19. The average Bonchev–Trinajstić information content (AvgIpc) is 3.68. The summed E-state index contributed by atoms with van der Waals surface area (Å²) in [6.45, 7) is 0. The van der Waals surface area contributed by atoms with Crippen LogP contribution in [0.4, 0.5) is 34.1 Å². The molecule has 1 aliphatic rings. The van der Waals surface area contributed by atoms with Gasteiger partial charge in [-0.2, -0.15) is 0 Å². The second-order valence-corrected chi connectivity index (χ2v) is 15.0. The molecule has 5 heteroatoms. The zero-order chi connectivity index (χ0) is 30.9. The van der Waals surface area contributed by atoms with Gasteiger partial charge in [0.05, 0.1) is 11.4 Å². The number of anilines is 6. The molecule has 0 unspecified atom stereocenters. The van der Waals surface area contributed by atoms with Crippen LogP contribution >= 0.6 is 34.4 Å². The summed E-state index contributed by atoms with van der Waals surface area (Å²) in [7, 11) is 0. The molecule has 7 aromatic carbocycles. The summed E-state index contributed by atoms with van der Waals surface area (Å²) in [6, 6.07) is 57.7. The van der Waals surface area contributed by atoms with Crippen LogP contribution in [0.5, 0.6) is 0 Å². The molecule has 0 saturated heterocycles. The van der Waals surface area contributed by atoms with E-state index in [1.165, 1.54) is 67.2 Å². The molecule has 9 aromatic rings. The molecule has 0 atom stereocenters. The summed E-state index contributed by atoms with van der Waals surface area (Å²) in [4.78, 5) is 7.32. The Morgan fingerprint density at radius 1 is 0.383 bits per heavy atom. The fourth-order valence-electron chi connectivity index (χ4n) is 6.89. The summed E-state index contributed by atoms with van der Waals surface area (Å²) in [5, 5.41) is 5.28. The minimum atomic E-state index is 1.14. The van der Waals surface area contributed by atoms with Gasteiger partial charge in [0.25, 0.3) is 0 Å². The highest BCUT2D eigenvalue weighted by molar-refractivity contribution is 7.99. The smallest absolute Gasteiger partial charge is 0.0603 e. The lowest BCUT2D eigenvalue weighted by Crippen LogP contribution is -2.16. The highest BCUT2D eigenvalue weighted by Crippen LogP contribution is 2.53. The average molecular weight is 655 g/mol. The van der Waals surface area contributed by atoms with Crippen molar-refractivity contribution in [1.82, 2.24) is 0 Å². The first-order valence-electron chi connectivity index (χ1n) is 15.7. The van der Waals surface area contributed by atoms with Gasteiger partial charge in [-0.05, 0) is 78.9 Å². The van der Waals surface area contributed by atoms with Gasteiger partial charge in [0, 0.05) is 72.9 Å². The van der Waals surface area contributed by atoms with Crippen LogP contribution < -0.4 is 9.80 Å². The third kappa shape index (κ3) is 4.39. The third-order valence-electron chi connectivity index (χ3n) is 9.02. The molecule has 0 fully saturated rings. The predicted octanol–water partition coefficient (Wildman–Crippen LogP) is 13.8. The maximum Gasteiger partial charge on any atom is 0.0603 e. The minimum absolute atomic E-state index is 1.14. The molecular formula is C42H26N2S3. The molecule has 222 valence electrons. The molecule has 10 rings (SSSR count). The van der Waals surface area contributed by atoms with Gasteiger partial charge in [0.1, 0.15) is 0 Å². The van der Waals surface area contributed by atoms with Gasteiger partial charge in [-0.1, -0.05) is 90.6 Å². The Balaban J connectivity index is 1.13. The Labute approximate surface area is 284 Å². The Bertz CT molecular complexity index is 2640. The molecule has 0 spiro atoms. The maximum atomic E-state index is 2.44. The third-order valence-corrected chi connectivity index (χ3v) is 12.4. The molecular weight excluding hydrogens is 629 g/mol. The van der Waals surface area contributed by atoms with E-state index in [0.29, 0.717) is 0 Å². The van der Waals surface area contributed by atoms with Gasteiger partial charge < -0.3 is 9.80 Å². The summed E-state index contributed by atoms with van der Waals surface area (Å²) < 4.78 is 5.26. The second-order valence-electron chi connectivity index (χ2n) is 11.8. The predicted molar refractivity (Wildman–Crippen MR) is 206 cm³/mol. The van der Waals surface area contributed by atoms with Crippen LogP contribution in [0.3, 0.4) is 0 Å². The molecule has 3 heterocycles. The molecule has 2 nitrogen and oxygen atoms in total. The molecule has 0 radical (unpaired) electrons. The molecule has 0 aliphatic carbocycles. The van der Waals surface area contributed by atoms with Crippen molar-refractivity contribution in [3.8, 4) is 0 Å². The topological polar surface area (TPSA) is 6.48 Å². The standard InChI is InChI=1S/C42H26N2S3/c1-2-10-27(11-3-1)43(28-18-21-33-31-12-4-7-15-37(31)45-40(33)24-28)29-20-23-36-42(26-29)47-39-17-9-6-14-35(39)44(36)30-19-22-34-32-13-5-8-16-38(32)46-41(34)25-30/h1-26H. The number of hydrogen-bond donors (Lipinski definition) is 0. The van der Waals surface area contributed by atoms with E-state index in [-0.39, 0.29) is 0 Å². The van der Waals surface area contributed by atoms with Crippen LogP contribution in [0.15, 0.2) is 168 Å². The number of rotatable bonds is 4. The number of benzene rings is 7. The van der Waals surface area contributed by atoms with Crippen molar-refractivity contribution >= 4 is 109 Å². The van der Waals surface area contributed by atoms with Gasteiger partial charge in [-0.15, -0.1) is 22.7 Å². The van der Waals surface area contributed by atoms with Crippen LogP contribution in [-0.4, -0.2) is 0 Å². The summed E-state index contributed by atoms with van der Waals surface area (Å²) in [5.74, 6) is 0. The zero-order valence-electron chi connectivity index (χ0n) is 25.1. The van der Waals surface area contributed by atoms with Gasteiger partial charge in [0.2, 0.25) is 0 Å². The first kappa shape index (κ1) is 27.1. The molecule has 0 amide bonds. The van der Waals surface area contributed by atoms with Gasteiger partial charge in [-0.3, -0.25) is 0 Å². The summed E-state index contributed by atoms with van der Waals surface area (Å²) in [5.41, 5.74) is 7.03. The van der Waals surface area contributed by atoms with Gasteiger partial charge in [0.15, 0.2) is 0 Å².